The van der Waals surface area contributed by atoms with Gasteiger partial charge in [0.15, 0.2) is 0 Å². The number of amides is 1. The van der Waals surface area contributed by atoms with Gasteiger partial charge >= 0.3 is 0 Å². The zero-order chi connectivity index (χ0) is 16.4. The predicted octanol–water partition coefficient (Wildman–Crippen LogP) is 2.60. The lowest BCUT2D eigenvalue weighted by Gasteiger charge is -2.10. The number of anilines is 1. The van der Waals surface area contributed by atoms with Gasteiger partial charge in [-0.1, -0.05) is 23.7 Å². The number of aryl methyl sites for hydroxylation is 1. The number of aromatic nitrogens is 3. The maximum absolute atomic E-state index is 11.1. The summed E-state index contributed by atoms with van der Waals surface area (Å²) in [4.78, 5) is 19.8. The van der Waals surface area contributed by atoms with Crippen LogP contribution in [0.15, 0.2) is 36.5 Å². The normalized spacial score (nSPS) is 10.9. The first-order valence-corrected chi connectivity index (χ1v) is 7.55. The quantitative estimate of drug-likeness (QED) is 0.753. The highest BCUT2D eigenvalue weighted by atomic mass is 35.5. The van der Waals surface area contributed by atoms with Gasteiger partial charge in [0.2, 0.25) is 5.91 Å². The van der Waals surface area contributed by atoms with E-state index in [9.17, 15) is 4.79 Å². The summed E-state index contributed by atoms with van der Waals surface area (Å²) in [5, 5.41) is 3.53. The molecule has 3 N–H and O–H groups in total. The number of primary amides is 1. The van der Waals surface area contributed by atoms with Crippen LogP contribution in [0.1, 0.15) is 16.2 Å². The van der Waals surface area contributed by atoms with Crippen LogP contribution >= 0.6 is 11.6 Å². The Labute approximate surface area is 138 Å². The molecule has 0 aliphatic carbocycles. The van der Waals surface area contributed by atoms with Gasteiger partial charge in [0.1, 0.15) is 11.6 Å². The summed E-state index contributed by atoms with van der Waals surface area (Å²) >= 11 is 6.11. The van der Waals surface area contributed by atoms with Gasteiger partial charge in [0.25, 0.3) is 0 Å². The van der Waals surface area contributed by atoms with Crippen molar-refractivity contribution in [1.29, 1.82) is 0 Å². The Morgan fingerprint density at radius 2 is 2.17 bits per heavy atom. The average molecular weight is 330 g/mol. The summed E-state index contributed by atoms with van der Waals surface area (Å²) in [6.45, 7) is 3.33. The number of halogens is 1. The van der Waals surface area contributed by atoms with E-state index in [2.05, 4.69) is 19.9 Å². The Hall–Kier alpha value is -2.60. The fourth-order valence-electron chi connectivity index (χ4n) is 2.47. The van der Waals surface area contributed by atoms with Gasteiger partial charge in [0, 0.05) is 19.3 Å². The molecule has 0 bridgehead atoms. The third-order valence-corrected chi connectivity index (χ3v) is 3.89. The van der Waals surface area contributed by atoms with Crippen LogP contribution in [0, 0.1) is 6.92 Å². The number of benzene rings is 1. The molecule has 0 radical (unpaired) electrons. The Morgan fingerprint density at radius 1 is 1.39 bits per heavy atom. The fraction of sp³-hybridized carbons (Fsp3) is 0.188. The monoisotopic (exact) mass is 329 g/mol. The highest BCUT2D eigenvalue weighted by Crippen LogP contribution is 2.20. The largest absolute Gasteiger partial charge is 0.367 e. The summed E-state index contributed by atoms with van der Waals surface area (Å²) in [6, 6.07) is 9.52. The van der Waals surface area contributed by atoms with Crippen molar-refractivity contribution in [2.45, 2.75) is 13.5 Å². The van der Waals surface area contributed by atoms with Crippen LogP contribution < -0.4 is 11.1 Å². The molecule has 1 aromatic carbocycles. The Kier molecular flexibility index (Phi) is 4.16. The molecule has 6 nitrogen and oxygen atoms in total. The zero-order valence-corrected chi connectivity index (χ0v) is 13.3. The van der Waals surface area contributed by atoms with E-state index in [0.29, 0.717) is 17.4 Å². The van der Waals surface area contributed by atoms with Gasteiger partial charge < -0.3 is 15.6 Å². The molecule has 2 aromatic heterocycles. The number of carbonyl (C=O) groups excluding carboxylic acids is 1. The molecule has 3 rings (SSSR count). The topological polar surface area (TPSA) is 85.8 Å². The number of hydrogen-bond donors (Lipinski definition) is 2. The molecular weight excluding hydrogens is 314 g/mol. The number of para-hydroxylation sites is 2. The Morgan fingerprint density at radius 3 is 2.91 bits per heavy atom. The van der Waals surface area contributed by atoms with E-state index in [1.807, 2.05) is 31.2 Å². The second kappa shape index (κ2) is 6.26. The zero-order valence-electron chi connectivity index (χ0n) is 12.6. The minimum absolute atomic E-state index is 0.289. The number of carbonyl (C=O) groups is 1. The summed E-state index contributed by atoms with van der Waals surface area (Å²) < 4.78 is 2.13. The van der Waals surface area contributed by atoms with Crippen molar-refractivity contribution in [2.24, 2.45) is 5.73 Å². The number of pyridine rings is 1. The van der Waals surface area contributed by atoms with Crippen molar-refractivity contribution in [2.75, 3.05) is 11.9 Å². The van der Waals surface area contributed by atoms with Crippen molar-refractivity contribution >= 4 is 34.4 Å². The van der Waals surface area contributed by atoms with Crippen molar-refractivity contribution in [3.8, 4) is 0 Å². The molecule has 0 fully saturated rings. The molecule has 0 spiro atoms. The smallest absolute Gasteiger partial charge is 0.250 e. The van der Waals surface area contributed by atoms with E-state index >= 15 is 0 Å². The van der Waals surface area contributed by atoms with Crippen LogP contribution in [-0.4, -0.2) is 27.0 Å². The van der Waals surface area contributed by atoms with E-state index in [4.69, 9.17) is 17.3 Å². The van der Waals surface area contributed by atoms with Gasteiger partial charge in [-0.25, -0.2) is 9.97 Å². The SMILES string of the molecule is Cc1nc2ccccc2n1CCNc1ncc(C(N)=O)cc1Cl. The first-order chi connectivity index (χ1) is 11.1. The van der Waals surface area contributed by atoms with Crippen LogP contribution in [0.5, 0.6) is 0 Å². The minimum atomic E-state index is -0.550. The van der Waals surface area contributed by atoms with Crippen molar-refractivity contribution in [3.63, 3.8) is 0 Å². The van der Waals surface area contributed by atoms with E-state index in [0.717, 1.165) is 23.4 Å². The molecule has 0 saturated heterocycles. The summed E-state index contributed by atoms with van der Waals surface area (Å²) in [5.41, 5.74) is 7.56. The average Bonchev–Trinajstić information content (AvgIpc) is 2.84. The second-order valence-electron chi connectivity index (χ2n) is 5.14. The maximum atomic E-state index is 11.1. The summed E-state index contributed by atoms with van der Waals surface area (Å²) in [7, 11) is 0. The lowest BCUT2D eigenvalue weighted by Crippen LogP contribution is -2.14. The van der Waals surface area contributed by atoms with Crippen molar-refractivity contribution in [1.82, 2.24) is 14.5 Å². The van der Waals surface area contributed by atoms with E-state index in [1.54, 1.807) is 0 Å². The predicted molar refractivity (Wildman–Crippen MR) is 90.7 cm³/mol. The number of imidazole rings is 1. The van der Waals surface area contributed by atoms with Crippen LogP contribution in [-0.2, 0) is 6.54 Å². The molecule has 118 valence electrons. The third kappa shape index (κ3) is 3.12. The summed E-state index contributed by atoms with van der Waals surface area (Å²) in [6.07, 6.45) is 1.41. The summed E-state index contributed by atoms with van der Waals surface area (Å²) in [5.74, 6) is 0.932. The molecule has 23 heavy (non-hydrogen) atoms. The molecular formula is C16H16ClN5O. The number of nitrogens with zero attached hydrogens (tertiary/aromatic N) is 3. The highest BCUT2D eigenvalue weighted by Gasteiger charge is 2.09. The molecule has 2 heterocycles. The Bertz CT molecular complexity index is 874. The standard InChI is InChI=1S/C16H16ClN5O/c1-10-21-13-4-2-3-5-14(13)22(10)7-6-19-16-12(17)8-11(9-20-16)15(18)23/h2-5,8-9H,6-7H2,1H3,(H2,18,23)(H,19,20). The second-order valence-corrected chi connectivity index (χ2v) is 5.55. The van der Waals surface area contributed by atoms with Gasteiger partial charge in [0.05, 0.1) is 21.6 Å². The molecule has 3 aromatic rings. The lowest BCUT2D eigenvalue weighted by atomic mass is 10.2. The van der Waals surface area contributed by atoms with E-state index < -0.39 is 5.91 Å². The Balaban J connectivity index is 1.72. The molecule has 7 heteroatoms. The number of nitrogens with two attached hydrogens (primary N) is 1. The maximum Gasteiger partial charge on any atom is 0.250 e. The first kappa shape index (κ1) is 15.3. The molecule has 0 aliphatic rings. The van der Waals surface area contributed by atoms with Gasteiger partial charge in [-0.2, -0.15) is 0 Å². The molecule has 0 unspecified atom stereocenters. The number of rotatable bonds is 5. The fourth-order valence-corrected chi connectivity index (χ4v) is 2.70. The number of nitrogens with one attached hydrogen (secondary N) is 1. The van der Waals surface area contributed by atoms with Gasteiger partial charge in [-0.15, -0.1) is 0 Å². The van der Waals surface area contributed by atoms with E-state index in [1.165, 1.54) is 12.3 Å². The van der Waals surface area contributed by atoms with Crippen molar-refractivity contribution < 1.29 is 4.79 Å². The van der Waals surface area contributed by atoms with Crippen LogP contribution in [0.4, 0.5) is 5.82 Å². The first-order valence-electron chi connectivity index (χ1n) is 7.17. The van der Waals surface area contributed by atoms with Crippen LogP contribution in [0.3, 0.4) is 0 Å². The van der Waals surface area contributed by atoms with Crippen LogP contribution in [0.2, 0.25) is 5.02 Å². The third-order valence-electron chi connectivity index (χ3n) is 3.60. The number of hydrogen-bond acceptors (Lipinski definition) is 4. The lowest BCUT2D eigenvalue weighted by molar-refractivity contribution is 0.1000. The molecule has 0 saturated carbocycles. The molecule has 0 atom stereocenters. The number of fused-ring (bicyclic) bond motifs is 1. The minimum Gasteiger partial charge on any atom is -0.367 e. The van der Waals surface area contributed by atoms with Gasteiger partial charge in [-0.05, 0) is 25.1 Å². The van der Waals surface area contributed by atoms with Gasteiger partial charge in [-0.3, -0.25) is 4.79 Å². The molecule has 0 aliphatic heterocycles. The van der Waals surface area contributed by atoms with E-state index in [-0.39, 0.29) is 5.56 Å². The van der Waals surface area contributed by atoms with Crippen molar-refractivity contribution in [3.05, 3.63) is 52.9 Å². The highest BCUT2D eigenvalue weighted by molar-refractivity contribution is 6.33. The van der Waals surface area contributed by atoms with Crippen LogP contribution in [0.25, 0.3) is 11.0 Å². The molecule has 1 amide bonds.